The predicted octanol–water partition coefficient (Wildman–Crippen LogP) is 2.22. The number of benzene rings is 1. The van der Waals surface area contributed by atoms with Gasteiger partial charge in [-0.05, 0) is 36.0 Å². The van der Waals surface area contributed by atoms with Crippen molar-refractivity contribution >= 4 is 6.03 Å². The predicted molar refractivity (Wildman–Crippen MR) is 86.0 cm³/mol. The van der Waals surface area contributed by atoms with Crippen LogP contribution in [0.2, 0.25) is 0 Å². The standard InChI is InChI=1S/C17H26N2O3/c1-12(20)9-17(2,3)11-19-16(21)18-10-13-4-5-15-14(8-13)6-7-22-15/h4-5,8,12,20H,6-7,9-11H2,1-3H3,(H2,18,19,21)/t12-/m0/s1. The number of aliphatic hydroxyl groups excluding tert-OH is 1. The van der Waals surface area contributed by atoms with Crippen molar-refractivity contribution in [1.82, 2.24) is 10.6 Å². The monoisotopic (exact) mass is 306 g/mol. The highest BCUT2D eigenvalue weighted by atomic mass is 16.5. The molecule has 3 N–H and O–H groups in total. The van der Waals surface area contributed by atoms with Gasteiger partial charge in [-0.1, -0.05) is 26.0 Å². The highest BCUT2D eigenvalue weighted by Crippen LogP contribution is 2.25. The zero-order valence-electron chi connectivity index (χ0n) is 13.6. The molecule has 0 aliphatic carbocycles. The molecule has 0 radical (unpaired) electrons. The Hall–Kier alpha value is -1.75. The van der Waals surface area contributed by atoms with Gasteiger partial charge in [0, 0.05) is 19.5 Å². The molecule has 2 amide bonds. The van der Waals surface area contributed by atoms with Crippen LogP contribution in [0.3, 0.4) is 0 Å². The second-order valence-electron chi connectivity index (χ2n) is 6.79. The van der Waals surface area contributed by atoms with E-state index in [0.29, 0.717) is 19.5 Å². The summed E-state index contributed by atoms with van der Waals surface area (Å²) >= 11 is 0. The molecule has 1 aliphatic heterocycles. The second-order valence-corrected chi connectivity index (χ2v) is 6.79. The highest BCUT2D eigenvalue weighted by Gasteiger charge is 2.21. The maximum Gasteiger partial charge on any atom is 0.315 e. The van der Waals surface area contributed by atoms with Crippen LogP contribution in [-0.2, 0) is 13.0 Å². The number of carbonyl (C=O) groups excluding carboxylic acids is 1. The maximum absolute atomic E-state index is 11.9. The van der Waals surface area contributed by atoms with E-state index in [1.807, 2.05) is 26.0 Å². The summed E-state index contributed by atoms with van der Waals surface area (Å²) in [6, 6.07) is 5.83. The van der Waals surface area contributed by atoms with Crippen LogP contribution in [0.5, 0.6) is 5.75 Å². The zero-order chi connectivity index (χ0) is 16.2. The molecule has 0 saturated carbocycles. The van der Waals surface area contributed by atoms with Gasteiger partial charge in [-0.15, -0.1) is 0 Å². The average molecular weight is 306 g/mol. The third-order valence-corrected chi connectivity index (χ3v) is 3.78. The number of fused-ring (bicyclic) bond motifs is 1. The molecule has 1 aromatic carbocycles. The molecule has 0 bridgehead atoms. The van der Waals surface area contributed by atoms with Crippen molar-refractivity contribution < 1.29 is 14.6 Å². The van der Waals surface area contributed by atoms with Crippen molar-refractivity contribution in [2.45, 2.75) is 46.3 Å². The lowest BCUT2D eigenvalue weighted by Gasteiger charge is -2.26. The van der Waals surface area contributed by atoms with Crippen LogP contribution in [-0.4, -0.2) is 30.4 Å². The Labute approximate surface area is 132 Å². The Morgan fingerprint density at radius 2 is 2.18 bits per heavy atom. The van der Waals surface area contributed by atoms with Gasteiger partial charge in [0.2, 0.25) is 0 Å². The van der Waals surface area contributed by atoms with Crippen LogP contribution in [0.25, 0.3) is 0 Å². The van der Waals surface area contributed by atoms with Crippen LogP contribution >= 0.6 is 0 Å². The van der Waals surface area contributed by atoms with Crippen LogP contribution in [0.15, 0.2) is 18.2 Å². The lowest BCUT2D eigenvalue weighted by molar-refractivity contribution is 0.129. The minimum absolute atomic E-state index is 0.129. The van der Waals surface area contributed by atoms with Gasteiger partial charge in [0.25, 0.3) is 0 Å². The zero-order valence-corrected chi connectivity index (χ0v) is 13.6. The SMILES string of the molecule is C[C@H](O)CC(C)(C)CNC(=O)NCc1ccc2c(c1)CCO2. The van der Waals surface area contributed by atoms with E-state index < -0.39 is 0 Å². The van der Waals surface area contributed by atoms with E-state index in [1.165, 1.54) is 5.56 Å². The summed E-state index contributed by atoms with van der Waals surface area (Å²) < 4.78 is 5.47. The molecule has 1 heterocycles. The molecule has 1 aliphatic rings. The molecule has 22 heavy (non-hydrogen) atoms. The Bertz CT molecular complexity index is 527. The molecule has 5 heteroatoms. The number of carbonyl (C=O) groups is 1. The fourth-order valence-corrected chi connectivity index (χ4v) is 2.79. The van der Waals surface area contributed by atoms with E-state index in [-0.39, 0.29) is 17.6 Å². The molecule has 0 aromatic heterocycles. The summed E-state index contributed by atoms with van der Waals surface area (Å²) in [6.45, 7) is 7.59. The summed E-state index contributed by atoms with van der Waals surface area (Å²) in [5.41, 5.74) is 2.15. The Balaban J connectivity index is 1.76. The minimum Gasteiger partial charge on any atom is -0.493 e. The van der Waals surface area contributed by atoms with E-state index in [9.17, 15) is 9.90 Å². The van der Waals surface area contributed by atoms with Gasteiger partial charge in [0.1, 0.15) is 5.75 Å². The summed E-state index contributed by atoms with van der Waals surface area (Å²) in [5.74, 6) is 0.952. The molecule has 1 aromatic rings. The lowest BCUT2D eigenvalue weighted by atomic mass is 9.87. The molecule has 1 atom stereocenters. The number of amides is 2. The fraction of sp³-hybridized carbons (Fsp3) is 0.588. The van der Waals surface area contributed by atoms with Gasteiger partial charge in [-0.25, -0.2) is 4.79 Å². The molecule has 0 spiro atoms. The number of urea groups is 1. The first kappa shape index (κ1) is 16.6. The summed E-state index contributed by atoms with van der Waals surface area (Å²) in [7, 11) is 0. The molecule has 5 nitrogen and oxygen atoms in total. The van der Waals surface area contributed by atoms with Crippen LogP contribution in [0.4, 0.5) is 4.79 Å². The average Bonchev–Trinajstić information content (AvgIpc) is 2.89. The first-order valence-electron chi connectivity index (χ1n) is 7.80. The highest BCUT2D eigenvalue weighted by molar-refractivity contribution is 5.73. The smallest absolute Gasteiger partial charge is 0.315 e. The fourth-order valence-electron chi connectivity index (χ4n) is 2.79. The van der Waals surface area contributed by atoms with Gasteiger partial charge in [-0.3, -0.25) is 0 Å². The van der Waals surface area contributed by atoms with Gasteiger partial charge < -0.3 is 20.5 Å². The number of hydrogen-bond donors (Lipinski definition) is 3. The van der Waals surface area contributed by atoms with Crippen molar-refractivity contribution in [3.05, 3.63) is 29.3 Å². The van der Waals surface area contributed by atoms with Crippen molar-refractivity contribution in [3.8, 4) is 5.75 Å². The van der Waals surface area contributed by atoms with Crippen LogP contribution < -0.4 is 15.4 Å². The van der Waals surface area contributed by atoms with Gasteiger partial charge in [0.15, 0.2) is 0 Å². The summed E-state index contributed by atoms with van der Waals surface area (Å²) in [4.78, 5) is 11.9. The number of ether oxygens (including phenoxy) is 1. The summed E-state index contributed by atoms with van der Waals surface area (Å²) in [6.07, 6.45) is 1.22. The Morgan fingerprint density at radius 3 is 2.91 bits per heavy atom. The molecule has 2 rings (SSSR count). The molecule has 122 valence electrons. The Morgan fingerprint density at radius 1 is 1.41 bits per heavy atom. The van der Waals surface area contributed by atoms with E-state index in [4.69, 9.17) is 4.74 Å². The number of nitrogens with one attached hydrogen (secondary N) is 2. The van der Waals surface area contributed by atoms with Crippen molar-refractivity contribution in [2.75, 3.05) is 13.2 Å². The first-order chi connectivity index (χ1) is 10.4. The van der Waals surface area contributed by atoms with Gasteiger partial charge >= 0.3 is 6.03 Å². The van der Waals surface area contributed by atoms with E-state index >= 15 is 0 Å². The number of hydrogen-bond acceptors (Lipinski definition) is 3. The second kappa shape index (κ2) is 7.01. The molecule has 0 unspecified atom stereocenters. The minimum atomic E-state index is -0.367. The van der Waals surface area contributed by atoms with Crippen molar-refractivity contribution in [1.29, 1.82) is 0 Å². The first-order valence-corrected chi connectivity index (χ1v) is 7.80. The third-order valence-electron chi connectivity index (χ3n) is 3.78. The topological polar surface area (TPSA) is 70.6 Å². The maximum atomic E-state index is 11.9. The van der Waals surface area contributed by atoms with E-state index in [2.05, 4.69) is 16.7 Å². The number of rotatable bonds is 6. The van der Waals surface area contributed by atoms with E-state index in [1.54, 1.807) is 6.92 Å². The molecule has 0 fully saturated rings. The third kappa shape index (κ3) is 4.91. The number of aliphatic hydroxyl groups is 1. The van der Waals surface area contributed by atoms with Crippen LogP contribution in [0, 0.1) is 5.41 Å². The summed E-state index contributed by atoms with van der Waals surface area (Å²) in [5, 5.41) is 15.2. The van der Waals surface area contributed by atoms with Gasteiger partial charge in [0.05, 0.1) is 12.7 Å². The molecular weight excluding hydrogens is 280 g/mol. The van der Waals surface area contributed by atoms with Crippen LogP contribution in [0.1, 0.15) is 38.3 Å². The van der Waals surface area contributed by atoms with E-state index in [0.717, 1.165) is 24.3 Å². The molecular formula is C17H26N2O3. The lowest BCUT2D eigenvalue weighted by Crippen LogP contribution is -2.41. The van der Waals surface area contributed by atoms with Crippen molar-refractivity contribution in [3.63, 3.8) is 0 Å². The van der Waals surface area contributed by atoms with Gasteiger partial charge in [-0.2, -0.15) is 0 Å². The van der Waals surface area contributed by atoms with Crippen molar-refractivity contribution in [2.24, 2.45) is 5.41 Å². The molecule has 0 saturated heterocycles. The largest absolute Gasteiger partial charge is 0.493 e. The quantitative estimate of drug-likeness (QED) is 0.754. The Kier molecular flexibility index (Phi) is 5.29. The normalized spacial score (nSPS) is 14.9.